The van der Waals surface area contributed by atoms with Gasteiger partial charge in [-0.25, -0.2) is 8.42 Å². The Hall–Kier alpha value is -1.61. The molecule has 0 saturated heterocycles. The zero-order valence-electron chi connectivity index (χ0n) is 15.4. The van der Waals surface area contributed by atoms with Gasteiger partial charge in [0.05, 0.1) is 22.1 Å². The SMILES string of the molecule is CCc1cc(Br)ccc1NC(=O)COC(=O)CCS(=O)(=O)c1cc(Cl)ccc1Cl. The maximum atomic E-state index is 12.4. The molecule has 0 saturated carbocycles. The van der Waals surface area contributed by atoms with Gasteiger partial charge < -0.3 is 10.1 Å². The highest BCUT2D eigenvalue weighted by Crippen LogP contribution is 2.26. The molecule has 0 aliphatic carbocycles. The van der Waals surface area contributed by atoms with Crippen molar-refractivity contribution >= 4 is 66.5 Å². The second kappa shape index (κ2) is 10.4. The predicted molar refractivity (Wildman–Crippen MR) is 116 cm³/mol. The molecule has 2 aromatic rings. The first-order valence-corrected chi connectivity index (χ1v) is 11.7. The average molecular weight is 523 g/mol. The zero-order valence-corrected chi connectivity index (χ0v) is 19.3. The molecule has 0 heterocycles. The summed E-state index contributed by atoms with van der Waals surface area (Å²) in [6.45, 7) is 1.43. The van der Waals surface area contributed by atoms with E-state index in [1.54, 1.807) is 12.1 Å². The van der Waals surface area contributed by atoms with E-state index in [0.29, 0.717) is 12.1 Å². The van der Waals surface area contributed by atoms with Crippen molar-refractivity contribution in [2.24, 2.45) is 0 Å². The number of hydrogen-bond acceptors (Lipinski definition) is 5. The van der Waals surface area contributed by atoms with Crippen molar-refractivity contribution < 1.29 is 22.7 Å². The molecule has 0 atom stereocenters. The summed E-state index contributed by atoms with van der Waals surface area (Å²) >= 11 is 15.1. The molecule has 0 aliphatic heterocycles. The number of anilines is 1. The van der Waals surface area contributed by atoms with E-state index in [2.05, 4.69) is 21.2 Å². The van der Waals surface area contributed by atoms with E-state index in [-0.39, 0.29) is 14.9 Å². The molecule has 0 aromatic heterocycles. The monoisotopic (exact) mass is 521 g/mol. The summed E-state index contributed by atoms with van der Waals surface area (Å²) in [5, 5.41) is 2.90. The van der Waals surface area contributed by atoms with Gasteiger partial charge in [-0.1, -0.05) is 46.1 Å². The van der Waals surface area contributed by atoms with Crippen LogP contribution in [0.15, 0.2) is 45.8 Å². The van der Waals surface area contributed by atoms with Crippen molar-refractivity contribution in [2.75, 3.05) is 17.7 Å². The Morgan fingerprint density at radius 3 is 2.55 bits per heavy atom. The van der Waals surface area contributed by atoms with Crippen LogP contribution in [0.25, 0.3) is 0 Å². The first-order chi connectivity index (χ1) is 13.6. The summed E-state index contributed by atoms with van der Waals surface area (Å²) in [7, 11) is -3.83. The van der Waals surface area contributed by atoms with Crippen molar-refractivity contribution in [3.63, 3.8) is 0 Å². The lowest BCUT2D eigenvalue weighted by molar-refractivity contribution is -0.146. The van der Waals surface area contributed by atoms with E-state index in [4.69, 9.17) is 27.9 Å². The van der Waals surface area contributed by atoms with Crippen LogP contribution in [0.3, 0.4) is 0 Å². The van der Waals surface area contributed by atoms with Gasteiger partial charge >= 0.3 is 5.97 Å². The Kier molecular flexibility index (Phi) is 8.51. The van der Waals surface area contributed by atoms with Gasteiger partial charge in [0.25, 0.3) is 5.91 Å². The molecule has 0 fully saturated rings. The fraction of sp³-hybridized carbons (Fsp3) is 0.263. The molecule has 0 radical (unpaired) electrons. The number of ether oxygens (including phenoxy) is 1. The largest absolute Gasteiger partial charge is 0.456 e. The van der Waals surface area contributed by atoms with Gasteiger partial charge in [0, 0.05) is 15.2 Å². The highest BCUT2D eigenvalue weighted by atomic mass is 79.9. The van der Waals surface area contributed by atoms with Gasteiger partial charge in [0.15, 0.2) is 16.4 Å². The fourth-order valence-electron chi connectivity index (χ4n) is 2.42. The number of rotatable bonds is 8. The third kappa shape index (κ3) is 6.99. The number of hydrogen-bond donors (Lipinski definition) is 1. The molecule has 0 bridgehead atoms. The Bertz CT molecular complexity index is 1030. The van der Waals surface area contributed by atoms with Crippen LogP contribution >= 0.6 is 39.1 Å². The summed E-state index contributed by atoms with van der Waals surface area (Å²) in [6, 6.07) is 9.46. The summed E-state index contributed by atoms with van der Waals surface area (Å²) in [4.78, 5) is 23.7. The smallest absolute Gasteiger partial charge is 0.307 e. The molecule has 1 N–H and O–H groups in total. The Morgan fingerprint density at radius 2 is 1.86 bits per heavy atom. The van der Waals surface area contributed by atoms with Crippen LogP contribution in [-0.2, 0) is 30.6 Å². The second-order valence-corrected chi connectivity index (χ2v) is 9.84. The maximum absolute atomic E-state index is 12.4. The second-order valence-electron chi connectivity index (χ2n) is 6.01. The number of benzene rings is 2. The number of esters is 1. The van der Waals surface area contributed by atoms with E-state index < -0.39 is 40.5 Å². The van der Waals surface area contributed by atoms with Crippen molar-refractivity contribution in [2.45, 2.75) is 24.7 Å². The number of carbonyl (C=O) groups excluding carboxylic acids is 2. The molecule has 0 unspecified atom stereocenters. The van der Waals surface area contributed by atoms with Gasteiger partial charge in [-0.15, -0.1) is 0 Å². The predicted octanol–water partition coefficient (Wildman–Crippen LogP) is 4.66. The van der Waals surface area contributed by atoms with Crippen LogP contribution in [0.1, 0.15) is 18.9 Å². The van der Waals surface area contributed by atoms with Crippen molar-refractivity contribution in [3.8, 4) is 0 Å². The van der Waals surface area contributed by atoms with Crippen LogP contribution in [0.2, 0.25) is 10.0 Å². The number of carbonyl (C=O) groups is 2. The minimum atomic E-state index is -3.83. The van der Waals surface area contributed by atoms with Gasteiger partial charge in [-0.05, 0) is 48.4 Å². The summed E-state index contributed by atoms with van der Waals surface area (Å²) in [5.41, 5.74) is 1.54. The quantitative estimate of drug-likeness (QED) is 0.509. The van der Waals surface area contributed by atoms with E-state index in [1.165, 1.54) is 18.2 Å². The van der Waals surface area contributed by atoms with E-state index in [0.717, 1.165) is 10.0 Å². The Morgan fingerprint density at radius 1 is 1.14 bits per heavy atom. The fourth-order valence-corrected chi connectivity index (χ4v) is 4.87. The lowest BCUT2D eigenvalue weighted by Gasteiger charge is -2.11. The van der Waals surface area contributed by atoms with Gasteiger partial charge in [0.1, 0.15) is 0 Å². The number of aryl methyl sites for hydroxylation is 1. The van der Waals surface area contributed by atoms with Crippen LogP contribution in [0.5, 0.6) is 0 Å². The molecule has 10 heteroatoms. The summed E-state index contributed by atoms with van der Waals surface area (Å²) < 4.78 is 30.5. The van der Waals surface area contributed by atoms with Crippen LogP contribution in [-0.4, -0.2) is 32.7 Å². The highest BCUT2D eigenvalue weighted by molar-refractivity contribution is 9.10. The molecule has 2 aromatic carbocycles. The van der Waals surface area contributed by atoms with E-state index in [1.807, 2.05) is 13.0 Å². The average Bonchev–Trinajstić information content (AvgIpc) is 2.68. The molecule has 29 heavy (non-hydrogen) atoms. The molecular formula is C19H18BrCl2NO5S. The van der Waals surface area contributed by atoms with Gasteiger partial charge in [-0.3, -0.25) is 9.59 Å². The molecular weight excluding hydrogens is 505 g/mol. The number of halogens is 3. The summed E-state index contributed by atoms with van der Waals surface area (Å²) in [5.74, 6) is -1.84. The Labute approximate surface area is 187 Å². The van der Waals surface area contributed by atoms with Crippen LogP contribution in [0, 0.1) is 0 Å². The van der Waals surface area contributed by atoms with Gasteiger partial charge in [-0.2, -0.15) is 0 Å². The lowest BCUT2D eigenvalue weighted by atomic mass is 10.1. The van der Waals surface area contributed by atoms with Crippen molar-refractivity contribution in [1.82, 2.24) is 0 Å². The standard InChI is InChI=1S/C19H18BrCl2NO5S/c1-2-12-9-13(20)3-6-16(12)23-18(24)11-28-19(25)7-8-29(26,27)17-10-14(21)4-5-15(17)22/h3-6,9-10H,2,7-8,11H2,1H3,(H,23,24). The molecule has 2 rings (SSSR count). The number of amides is 1. The third-order valence-electron chi connectivity index (χ3n) is 3.89. The topological polar surface area (TPSA) is 89.5 Å². The number of sulfone groups is 1. The summed E-state index contributed by atoms with van der Waals surface area (Å²) in [6.07, 6.45) is 0.287. The molecule has 156 valence electrons. The first-order valence-electron chi connectivity index (χ1n) is 8.54. The van der Waals surface area contributed by atoms with Gasteiger partial charge in [0.2, 0.25) is 0 Å². The highest BCUT2D eigenvalue weighted by Gasteiger charge is 2.21. The van der Waals surface area contributed by atoms with Crippen LogP contribution in [0.4, 0.5) is 5.69 Å². The normalized spacial score (nSPS) is 11.2. The van der Waals surface area contributed by atoms with Crippen molar-refractivity contribution in [1.29, 1.82) is 0 Å². The molecule has 0 aliphatic rings. The van der Waals surface area contributed by atoms with Crippen molar-refractivity contribution in [3.05, 3.63) is 56.5 Å². The maximum Gasteiger partial charge on any atom is 0.307 e. The molecule has 6 nitrogen and oxygen atoms in total. The minimum absolute atomic E-state index is 0.0170. The third-order valence-corrected chi connectivity index (χ3v) is 6.81. The Balaban J connectivity index is 1.88. The molecule has 1 amide bonds. The number of nitrogens with one attached hydrogen (secondary N) is 1. The lowest BCUT2D eigenvalue weighted by Crippen LogP contribution is -2.22. The van der Waals surface area contributed by atoms with E-state index in [9.17, 15) is 18.0 Å². The van der Waals surface area contributed by atoms with Crippen LogP contribution < -0.4 is 5.32 Å². The van der Waals surface area contributed by atoms with E-state index >= 15 is 0 Å². The zero-order chi connectivity index (χ0) is 21.6. The molecule has 0 spiro atoms. The minimum Gasteiger partial charge on any atom is -0.456 e. The first kappa shape index (κ1) is 23.7.